The van der Waals surface area contributed by atoms with E-state index in [-0.39, 0.29) is 11.2 Å². The van der Waals surface area contributed by atoms with Crippen molar-refractivity contribution in [2.45, 2.75) is 5.16 Å². The van der Waals surface area contributed by atoms with E-state index in [2.05, 4.69) is 19.9 Å². The van der Waals surface area contributed by atoms with Gasteiger partial charge in [-0.15, -0.1) is 0 Å². The van der Waals surface area contributed by atoms with Crippen LogP contribution in [0.2, 0.25) is 0 Å². The molecule has 0 amide bonds. The van der Waals surface area contributed by atoms with Crippen LogP contribution in [0.4, 0.5) is 0 Å². The zero-order valence-electron chi connectivity index (χ0n) is 7.06. The highest BCUT2D eigenvalue weighted by atomic mass is 32.2. The summed E-state index contributed by atoms with van der Waals surface area (Å²) in [5, 5.41) is 8.38. The van der Waals surface area contributed by atoms with E-state index < -0.39 is 21.2 Å². The first-order valence-electron chi connectivity index (χ1n) is 3.64. The molecule has 0 saturated heterocycles. The van der Waals surface area contributed by atoms with E-state index in [0.717, 1.165) is 0 Å². The van der Waals surface area contributed by atoms with Gasteiger partial charge >= 0.3 is 10.1 Å². The van der Waals surface area contributed by atoms with Crippen LogP contribution >= 0.6 is 0 Å². The Bertz CT molecular complexity index is 626. The third-order valence-corrected chi connectivity index (χ3v) is 2.17. The normalized spacial score (nSPS) is 11.8. The fourth-order valence-corrected chi connectivity index (χ4v) is 1.35. The number of hydrogen-bond donors (Lipinski definition) is 2. The SMILES string of the molecule is O=S(=O)(O)c1nc(O)c2nccnc2n1. The Morgan fingerprint density at radius 1 is 1.13 bits per heavy atom. The van der Waals surface area contributed by atoms with Gasteiger partial charge in [0, 0.05) is 12.4 Å². The molecule has 9 heteroatoms. The maximum absolute atomic E-state index is 10.7. The molecule has 8 nitrogen and oxygen atoms in total. The molecule has 0 unspecified atom stereocenters. The average Bonchev–Trinajstić information content (AvgIpc) is 2.16. The van der Waals surface area contributed by atoms with Crippen LogP contribution in [0.15, 0.2) is 17.6 Å². The summed E-state index contributed by atoms with van der Waals surface area (Å²) in [4.78, 5) is 14.0. The molecular weight excluding hydrogens is 224 g/mol. The molecule has 0 saturated carbocycles. The van der Waals surface area contributed by atoms with Gasteiger partial charge in [0.2, 0.25) is 5.88 Å². The van der Waals surface area contributed by atoms with Gasteiger partial charge in [-0.2, -0.15) is 18.4 Å². The zero-order valence-corrected chi connectivity index (χ0v) is 7.88. The molecule has 2 heterocycles. The third-order valence-electron chi connectivity index (χ3n) is 1.52. The highest BCUT2D eigenvalue weighted by Crippen LogP contribution is 2.17. The molecule has 2 aromatic heterocycles. The molecule has 2 rings (SSSR count). The Morgan fingerprint density at radius 2 is 1.80 bits per heavy atom. The Kier molecular flexibility index (Phi) is 1.98. The van der Waals surface area contributed by atoms with Crippen LogP contribution < -0.4 is 0 Å². The standard InChI is InChI=1S/C6H4N4O4S/c11-5-3-4(8-2-1-7-3)9-6(10-5)15(12,13)14/h1-2H,(H,12,13,14)(H,8,9,10,11). The van der Waals surface area contributed by atoms with Gasteiger partial charge in [0.15, 0.2) is 11.2 Å². The lowest BCUT2D eigenvalue weighted by atomic mass is 10.5. The van der Waals surface area contributed by atoms with Crippen molar-refractivity contribution in [1.82, 2.24) is 19.9 Å². The summed E-state index contributed by atoms with van der Waals surface area (Å²) in [6.07, 6.45) is 2.56. The van der Waals surface area contributed by atoms with Crippen LogP contribution in [0.5, 0.6) is 5.88 Å². The molecule has 0 aromatic carbocycles. The smallest absolute Gasteiger partial charge is 0.330 e. The van der Waals surface area contributed by atoms with E-state index in [4.69, 9.17) is 4.55 Å². The fraction of sp³-hybridized carbons (Fsp3) is 0. The molecule has 0 aliphatic heterocycles. The summed E-state index contributed by atoms with van der Waals surface area (Å²) < 4.78 is 30.1. The summed E-state index contributed by atoms with van der Waals surface area (Å²) >= 11 is 0. The molecule has 0 atom stereocenters. The number of nitrogens with zero attached hydrogens (tertiary/aromatic N) is 4. The minimum absolute atomic E-state index is 0.0371. The number of aromatic nitrogens is 4. The van der Waals surface area contributed by atoms with E-state index in [9.17, 15) is 13.5 Å². The van der Waals surface area contributed by atoms with Crippen molar-refractivity contribution < 1.29 is 18.1 Å². The summed E-state index contributed by atoms with van der Waals surface area (Å²) in [5.41, 5.74) is -0.150. The van der Waals surface area contributed by atoms with Crippen LogP contribution in [-0.2, 0) is 10.1 Å². The van der Waals surface area contributed by atoms with E-state index in [1.807, 2.05) is 0 Å². The van der Waals surface area contributed by atoms with E-state index in [1.165, 1.54) is 12.4 Å². The average molecular weight is 228 g/mol. The minimum atomic E-state index is -4.57. The lowest BCUT2D eigenvalue weighted by Gasteiger charge is -1.99. The topological polar surface area (TPSA) is 126 Å². The van der Waals surface area contributed by atoms with Gasteiger partial charge in [0.25, 0.3) is 5.16 Å². The molecular formula is C6H4N4O4S. The minimum Gasteiger partial charge on any atom is -0.492 e. The molecule has 78 valence electrons. The van der Waals surface area contributed by atoms with Crippen LogP contribution in [0.25, 0.3) is 11.2 Å². The predicted molar refractivity (Wildman–Crippen MR) is 46.6 cm³/mol. The summed E-state index contributed by atoms with van der Waals surface area (Å²) in [6, 6.07) is 0. The Hall–Kier alpha value is -1.87. The highest BCUT2D eigenvalue weighted by molar-refractivity contribution is 7.85. The Morgan fingerprint density at radius 3 is 2.47 bits per heavy atom. The molecule has 0 aliphatic rings. The van der Waals surface area contributed by atoms with E-state index >= 15 is 0 Å². The molecule has 0 spiro atoms. The Labute approximate surface area is 83.4 Å². The molecule has 0 aliphatic carbocycles. The first kappa shape index (κ1) is 9.68. The van der Waals surface area contributed by atoms with Gasteiger partial charge in [-0.05, 0) is 0 Å². The first-order valence-corrected chi connectivity index (χ1v) is 5.08. The largest absolute Gasteiger partial charge is 0.492 e. The third kappa shape index (κ3) is 1.69. The summed E-state index contributed by atoms with van der Waals surface area (Å²) in [7, 11) is -4.57. The molecule has 15 heavy (non-hydrogen) atoms. The van der Waals surface area contributed by atoms with Gasteiger partial charge in [-0.25, -0.2) is 9.97 Å². The number of rotatable bonds is 1. The fourth-order valence-electron chi connectivity index (χ4n) is 0.945. The number of aromatic hydroxyl groups is 1. The van der Waals surface area contributed by atoms with Gasteiger partial charge in [0.1, 0.15) is 0 Å². The van der Waals surface area contributed by atoms with Gasteiger partial charge in [-0.3, -0.25) is 4.55 Å². The summed E-state index contributed by atoms with van der Waals surface area (Å²) in [5.74, 6) is -0.652. The van der Waals surface area contributed by atoms with Crippen molar-refractivity contribution in [3.05, 3.63) is 12.4 Å². The molecule has 0 radical (unpaired) electrons. The molecule has 2 aromatic rings. The van der Waals surface area contributed by atoms with Crippen molar-refractivity contribution in [3.63, 3.8) is 0 Å². The quantitative estimate of drug-likeness (QED) is 0.488. The van der Waals surface area contributed by atoms with E-state index in [1.54, 1.807) is 0 Å². The van der Waals surface area contributed by atoms with Gasteiger partial charge in [0.05, 0.1) is 0 Å². The predicted octanol–water partition coefficient (Wildman–Crippen LogP) is -0.628. The van der Waals surface area contributed by atoms with Crippen molar-refractivity contribution in [1.29, 1.82) is 0 Å². The Balaban J connectivity index is 2.85. The van der Waals surface area contributed by atoms with Crippen LogP contribution in [0.3, 0.4) is 0 Å². The maximum atomic E-state index is 10.7. The molecule has 0 bridgehead atoms. The monoisotopic (exact) mass is 228 g/mol. The van der Waals surface area contributed by atoms with Crippen molar-refractivity contribution in [2.24, 2.45) is 0 Å². The zero-order chi connectivity index (χ0) is 11.1. The van der Waals surface area contributed by atoms with Crippen LogP contribution in [-0.4, -0.2) is 38.0 Å². The summed E-state index contributed by atoms with van der Waals surface area (Å²) in [6.45, 7) is 0. The number of hydrogen-bond acceptors (Lipinski definition) is 7. The van der Waals surface area contributed by atoms with Crippen molar-refractivity contribution >= 4 is 21.3 Å². The maximum Gasteiger partial charge on any atom is 0.330 e. The second-order valence-corrected chi connectivity index (χ2v) is 3.85. The highest BCUT2D eigenvalue weighted by Gasteiger charge is 2.18. The van der Waals surface area contributed by atoms with Crippen molar-refractivity contribution in [2.75, 3.05) is 0 Å². The second-order valence-electron chi connectivity index (χ2n) is 2.53. The lowest BCUT2D eigenvalue weighted by molar-refractivity contribution is 0.439. The van der Waals surface area contributed by atoms with E-state index in [0.29, 0.717) is 0 Å². The molecule has 0 fully saturated rings. The van der Waals surface area contributed by atoms with Crippen molar-refractivity contribution in [3.8, 4) is 5.88 Å². The second kappa shape index (κ2) is 3.07. The van der Waals surface area contributed by atoms with Crippen LogP contribution in [0, 0.1) is 0 Å². The number of fused-ring (bicyclic) bond motifs is 1. The first-order chi connectivity index (χ1) is 6.98. The lowest BCUT2D eigenvalue weighted by Crippen LogP contribution is -2.05. The molecule has 2 N–H and O–H groups in total. The van der Waals surface area contributed by atoms with Crippen LogP contribution in [0.1, 0.15) is 0 Å². The van der Waals surface area contributed by atoms with Gasteiger partial charge in [-0.1, -0.05) is 0 Å². The van der Waals surface area contributed by atoms with Gasteiger partial charge < -0.3 is 5.11 Å².